The highest BCUT2D eigenvalue weighted by Gasteiger charge is 2.22. The van der Waals surface area contributed by atoms with Gasteiger partial charge in [0.1, 0.15) is 0 Å². The third-order valence-electron chi connectivity index (χ3n) is 3.18. The average Bonchev–Trinajstić information content (AvgIpc) is 2.83. The molecule has 0 saturated carbocycles. The molecule has 1 aliphatic heterocycles. The number of rotatable bonds is 4. The molecule has 0 N–H and O–H groups in total. The Bertz CT molecular complexity index is 455. The fourth-order valence-corrected chi connectivity index (χ4v) is 2.36. The minimum Gasteiger partial charge on any atom is -0.312 e. The fourth-order valence-electron chi connectivity index (χ4n) is 2.09. The minimum atomic E-state index is -0.128. The molecular weight excluding hydrogens is 294 g/mol. The predicted molar refractivity (Wildman–Crippen MR) is 75.4 cm³/mol. The van der Waals surface area contributed by atoms with Crippen LogP contribution in [0, 0.1) is 0 Å². The van der Waals surface area contributed by atoms with Crippen LogP contribution in [0.25, 0.3) is 0 Å². The van der Waals surface area contributed by atoms with E-state index in [0.717, 1.165) is 25.1 Å². The predicted octanol–water partition coefficient (Wildman–Crippen LogP) is 3.17. The maximum Gasteiger partial charge on any atom is 0.227 e. The molecule has 0 radical (unpaired) electrons. The van der Waals surface area contributed by atoms with Crippen LogP contribution >= 0.6 is 15.9 Å². The summed E-state index contributed by atoms with van der Waals surface area (Å²) in [4.78, 5) is 25.2. The van der Waals surface area contributed by atoms with Crippen LogP contribution < -0.4 is 4.90 Å². The second-order valence-corrected chi connectivity index (χ2v) is 5.54. The molecular formula is C14H16BrNO2. The van der Waals surface area contributed by atoms with Crippen LogP contribution in [0.5, 0.6) is 0 Å². The number of carbonyl (C=O) groups excluding carboxylic acids is 2. The molecule has 1 aliphatic rings. The van der Waals surface area contributed by atoms with Gasteiger partial charge < -0.3 is 4.90 Å². The summed E-state index contributed by atoms with van der Waals surface area (Å²) in [7, 11) is 0. The molecule has 1 atom stereocenters. The van der Waals surface area contributed by atoms with Gasteiger partial charge in [-0.1, -0.05) is 22.9 Å². The van der Waals surface area contributed by atoms with E-state index in [1.165, 1.54) is 0 Å². The smallest absolute Gasteiger partial charge is 0.227 e. The lowest BCUT2D eigenvalue weighted by molar-refractivity contribution is -0.117. The molecule has 0 aliphatic carbocycles. The number of benzene rings is 1. The summed E-state index contributed by atoms with van der Waals surface area (Å²) in [5.41, 5.74) is 1.57. The number of hydrogen-bond donors (Lipinski definition) is 0. The molecule has 2 rings (SSSR count). The first-order valence-corrected chi connectivity index (χ1v) is 7.13. The normalized spacial score (nSPS) is 17.0. The van der Waals surface area contributed by atoms with Gasteiger partial charge in [0, 0.05) is 24.2 Å². The molecule has 18 heavy (non-hydrogen) atoms. The summed E-state index contributed by atoms with van der Waals surface area (Å²) < 4.78 is 0. The molecule has 96 valence electrons. The Kier molecular flexibility index (Phi) is 4.17. The Hall–Kier alpha value is -1.16. The quantitative estimate of drug-likeness (QED) is 0.633. The van der Waals surface area contributed by atoms with Crippen molar-refractivity contribution < 1.29 is 9.59 Å². The first kappa shape index (κ1) is 13.3. The van der Waals surface area contributed by atoms with E-state index in [2.05, 4.69) is 15.9 Å². The van der Waals surface area contributed by atoms with Crippen molar-refractivity contribution in [2.75, 3.05) is 11.4 Å². The van der Waals surface area contributed by atoms with Crippen molar-refractivity contribution in [3.05, 3.63) is 29.8 Å². The van der Waals surface area contributed by atoms with Crippen LogP contribution in [-0.2, 0) is 4.79 Å². The zero-order valence-electron chi connectivity index (χ0n) is 10.4. The van der Waals surface area contributed by atoms with Crippen LogP contribution in [-0.4, -0.2) is 23.1 Å². The van der Waals surface area contributed by atoms with Crippen molar-refractivity contribution in [1.82, 2.24) is 0 Å². The second kappa shape index (κ2) is 5.65. The molecule has 1 aromatic rings. The molecule has 1 aromatic carbocycles. The van der Waals surface area contributed by atoms with E-state index in [9.17, 15) is 9.59 Å². The monoisotopic (exact) mass is 309 g/mol. The second-order valence-electron chi connectivity index (χ2n) is 4.44. The van der Waals surface area contributed by atoms with Crippen LogP contribution in [0.4, 0.5) is 5.69 Å². The number of ketones is 1. The fraction of sp³-hybridized carbons (Fsp3) is 0.429. The van der Waals surface area contributed by atoms with Crippen molar-refractivity contribution >= 4 is 33.3 Å². The lowest BCUT2D eigenvalue weighted by Gasteiger charge is -2.16. The molecule has 0 aromatic heterocycles. The number of amides is 1. The van der Waals surface area contributed by atoms with E-state index < -0.39 is 0 Å². The van der Waals surface area contributed by atoms with Crippen molar-refractivity contribution in [3.8, 4) is 0 Å². The van der Waals surface area contributed by atoms with Crippen LogP contribution in [0.2, 0.25) is 0 Å². The van der Waals surface area contributed by atoms with E-state index in [4.69, 9.17) is 0 Å². The number of carbonyl (C=O) groups is 2. The summed E-state index contributed by atoms with van der Waals surface area (Å²) in [6.07, 6.45) is 2.31. The highest BCUT2D eigenvalue weighted by atomic mass is 79.9. The standard InChI is InChI=1S/C14H16BrNO2/c1-2-12(15)14(18)10-5-7-11(8-6-10)16-9-3-4-13(16)17/h5-8,12H,2-4,9H2,1H3. The van der Waals surface area contributed by atoms with Gasteiger partial charge in [0.05, 0.1) is 4.83 Å². The maximum atomic E-state index is 11.9. The van der Waals surface area contributed by atoms with Crippen molar-refractivity contribution in [2.45, 2.75) is 31.0 Å². The number of halogens is 1. The van der Waals surface area contributed by atoms with Gasteiger partial charge in [-0.15, -0.1) is 0 Å². The number of anilines is 1. The minimum absolute atomic E-state index is 0.0943. The Labute approximate surface area is 115 Å². The lowest BCUT2D eigenvalue weighted by atomic mass is 10.1. The van der Waals surface area contributed by atoms with E-state index in [0.29, 0.717) is 12.0 Å². The van der Waals surface area contributed by atoms with Crippen LogP contribution in [0.3, 0.4) is 0 Å². The van der Waals surface area contributed by atoms with E-state index in [1.807, 2.05) is 19.1 Å². The van der Waals surface area contributed by atoms with Gasteiger partial charge in [0.25, 0.3) is 0 Å². The van der Waals surface area contributed by atoms with Crippen LogP contribution in [0.15, 0.2) is 24.3 Å². The summed E-state index contributed by atoms with van der Waals surface area (Å²) in [5.74, 6) is 0.262. The molecule has 1 saturated heterocycles. The molecule has 1 fully saturated rings. The van der Waals surface area contributed by atoms with Gasteiger partial charge in [-0.05, 0) is 37.1 Å². The molecule has 1 amide bonds. The topological polar surface area (TPSA) is 37.4 Å². The number of nitrogens with zero attached hydrogens (tertiary/aromatic N) is 1. The average molecular weight is 310 g/mol. The van der Waals surface area contributed by atoms with Gasteiger partial charge in [-0.2, -0.15) is 0 Å². The van der Waals surface area contributed by atoms with Gasteiger partial charge in [0.15, 0.2) is 5.78 Å². The Morgan fingerprint density at radius 2 is 2.06 bits per heavy atom. The van der Waals surface area contributed by atoms with Crippen LogP contribution in [0.1, 0.15) is 36.5 Å². The summed E-state index contributed by atoms with van der Waals surface area (Å²) in [5, 5.41) is 0. The first-order chi connectivity index (χ1) is 8.63. The highest BCUT2D eigenvalue weighted by molar-refractivity contribution is 9.10. The van der Waals surface area contributed by atoms with E-state index in [1.54, 1.807) is 17.0 Å². The number of hydrogen-bond acceptors (Lipinski definition) is 2. The van der Waals surface area contributed by atoms with Gasteiger partial charge >= 0.3 is 0 Å². The van der Waals surface area contributed by atoms with Gasteiger partial charge in [0.2, 0.25) is 5.91 Å². The van der Waals surface area contributed by atoms with Crippen molar-refractivity contribution in [2.24, 2.45) is 0 Å². The number of alkyl halides is 1. The SMILES string of the molecule is CCC(Br)C(=O)c1ccc(N2CCCC2=O)cc1. The summed E-state index contributed by atoms with van der Waals surface area (Å²) in [6, 6.07) is 7.30. The molecule has 0 bridgehead atoms. The molecule has 4 heteroatoms. The van der Waals surface area contributed by atoms with E-state index in [-0.39, 0.29) is 16.5 Å². The molecule has 0 spiro atoms. The zero-order valence-corrected chi connectivity index (χ0v) is 11.9. The Morgan fingerprint density at radius 1 is 1.39 bits per heavy atom. The van der Waals surface area contributed by atoms with Crippen molar-refractivity contribution in [1.29, 1.82) is 0 Å². The number of Topliss-reactive ketones (excluding diaryl/α,β-unsaturated/α-hetero) is 1. The molecule has 1 heterocycles. The Balaban J connectivity index is 2.15. The third-order valence-corrected chi connectivity index (χ3v) is 4.24. The largest absolute Gasteiger partial charge is 0.312 e. The lowest BCUT2D eigenvalue weighted by Crippen LogP contribution is -2.23. The molecule has 1 unspecified atom stereocenters. The van der Waals surface area contributed by atoms with E-state index >= 15 is 0 Å². The summed E-state index contributed by atoms with van der Waals surface area (Å²) in [6.45, 7) is 2.75. The molecule has 3 nitrogen and oxygen atoms in total. The maximum absolute atomic E-state index is 11.9. The summed E-state index contributed by atoms with van der Waals surface area (Å²) >= 11 is 3.36. The van der Waals surface area contributed by atoms with Gasteiger partial charge in [-0.25, -0.2) is 0 Å². The highest BCUT2D eigenvalue weighted by Crippen LogP contribution is 2.22. The van der Waals surface area contributed by atoms with Gasteiger partial charge in [-0.3, -0.25) is 9.59 Å². The first-order valence-electron chi connectivity index (χ1n) is 6.22. The Morgan fingerprint density at radius 3 is 2.56 bits per heavy atom. The van der Waals surface area contributed by atoms with Crippen molar-refractivity contribution in [3.63, 3.8) is 0 Å². The third kappa shape index (κ3) is 2.64. The zero-order chi connectivity index (χ0) is 13.1.